The van der Waals surface area contributed by atoms with Crippen LogP contribution in [0.3, 0.4) is 0 Å². The lowest BCUT2D eigenvalue weighted by Crippen LogP contribution is -2.33. The Hall–Kier alpha value is -2.31. The fourth-order valence-electron chi connectivity index (χ4n) is 1.78. The molecule has 1 aromatic carbocycles. The number of nitrogens with one attached hydrogen (secondary N) is 1. The smallest absolute Gasteiger partial charge is 0.414 e. The largest absolute Gasteiger partial charge is 0.442 e. The van der Waals surface area contributed by atoms with Gasteiger partial charge in [0.25, 0.3) is 0 Å². The first-order chi connectivity index (χ1) is 8.97. The van der Waals surface area contributed by atoms with E-state index in [9.17, 15) is 14.0 Å². The predicted octanol–water partition coefficient (Wildman–Crippen LogP) is 0.869. The van der Waals surface area contributed by atoms with Crippen molar-refractivity contribution in [3.8, 4) is 0 Å². The highest BCUT2D eigenvalue weighted by molar-refractivity contribution is 5.90. The summed E-state index contributed by atoms with van der Waals surface area (Å²) in [7, 11) is 0. The van der Waals surface area contributed by atoms with Crippen LogP contribution in [0.5, 0.6) is 0 Å². The van der Waals surface area contributed by atoms with Gasteiger partial charge < -0.3 is 15.8 Å². The maximum atomic E-state index is 13.3. The quantitative estimate of drug-likeness (QED) is 0.796. The summed E-state index contributed by atoms with van der Waals surface area (Å²) in [6.45, 7) is 1.86. The lowest BCUT2D eigenvalue weighted by atomic mass is 10.2. The molecule has 2 amide bonds. The van der Waals surface area contributed by atoms with Gasteiger partial charge in [-0.2, -0.15) is 0 Å². The molecule has 1 fully saturated rings. The number of nitrogens with zero attached hydrogens (tertiary/aromatic N) is 1. The van der Waals surface area contributed by atoms with E-state index in [0.29, 0.717) is 5.69 Å². The van der Waals surface area contributed by atoms with Gasteiger partial charge in [-0.25, -0.2) is 9.18 Å². The van der Waals surface area contributed by atoms with Crippen LogP contribution in [0.4, 0.5) is 20.6 Å². The molecule has 1 aliphatic rings. The molecule has 0 aliphatic carbocycles. The second kappa shape index (κ2) is 5.13. The first-order valence-electron chi connectivity index (χ1n) is 5.75. The summed E-state index contributed by atoms with van der Waals surface area (Å²) in [5.41, 5.74) is 5.77. The number of ether oxygens (including phenoxy) is 1. The zero-order chi connectivity index (χ0) is 14.0. The van der Waals surface area contributed by atoms with Crippen molar-refractivity contribution in [2.24, 2.45) is 0 Å². The lowest BCUT2D eigenvalue weighted by Gasteiger charge is -2.13. The van der Waals surface area contributed by atoms with Gasteiger partial charge in [-0.05, 0) is 18.2 Å². The molecule has 1 atom stereocenters. The second-order valence-electron chi connectivity index (χ2n) is 4.26. The summed E-state index contributed by atoms with van der Waals surface area (Å²) in [5.74, 6) is -0.788. The fourth-order valence-corrected chi connectivity index (χ4v) is 1.78. The zero-order valence-electron chi connectivity index (χ0n) is 10.4. The monoisotopic (exact) mass is 267 g/mol. The number of rotatable bonds is 3. The van der Waals surface area contributed by atoms with E-state index in [1.807, 2.05) is 0 Å². The topological polar surface area (TPSA) is 84.7 Å². The molecule has 7 heteroatoms. The highest BCUT2D eigenvalue weighted by atomic mass is 19.1. The molecule has 6 nitrogen and oxygen atoms in total. The predicted molar refractivity (Wildman–Crippen MR) is 67.1 cm³/mol. The van der Waals surface area contributed by atoms with Crippen molar-refractivity contribution in [3.63, 3.8) is 0 Å². The van der Waals surface area contributed by atoms with Gasteiger partial charge in [-0.15, -0.1) is 0 Å². The SMILES string of the molecule is CC(=O)NC[C@H]1CN(c2ccc(N)c(F)c2)C(=O)O1. The Bertz CT molecular complexity index is 521. The molecule has 19 heavy (non-hydrogen) atoms. The molecule has 2 rings (SSSR count). The van der Waals surface area contributed by atoms with Gasteiger partial charge in [0.2, 0.25) is 5.91 Å². The molecule has 0 unspecified atom stereocenters. The van der Waals surface area contributed by atoms with E-state index in [-0.39, 0.29) is 24.7 Å². The third kappa shape index (κ3) is 2.93. The molecule has 102 valence electrons. The molecule has 1 aliphatic heterocycles. The Balaban J connectivity index is 2.07. The fraction of sp³-hybridized carbons (Fsp3) is 0.333. The Labute approximate surface area is 109 Å². The van der Waals surface area contributed by atoms with Gasteiger partial charge in [0.15, 0.2) is 0 Å². The van der Waals surface area contributed by atoms with Crippen LogP contribution >= 0.6 is 0 Å². The number of carbonyl (C=O) groups is 2. The van der Waals surface area contributed by atoms with Crippen LogP contribution in [-0.2, 0) is 9.53 Å². The van der Waals surface area contributed by atoms with Gasteiger partial charge in [0, 0.05) is 6.92 Å². The van der Waals surface area contributed by atoms with Crippen molar-refractivity contribution in [1.82, 2.24) is 5.32 Å². The summed E-state index contributed by atoms with van der Waals surface area (Å²) in [6.07, 6.45) is -1.02. The normalized spacial score (nSPS) is 18.3. The van der Waals surface area contributed by atoms with Crippen molar-refractivity contribution < 1.29 is 18.7 Å². The van der Waals surface area contributed by atoms with E-state index in [1.54, 1.807) is 6.07 Å². The number of hydrogen-bond donors (Lipinski definition) is 2. The minimum atomic E-state index is -0.587. The van der Waals surface area contributed by atoms with E-state index >= 15 is 0 Å². The molecule has 1 heterocycles. The minimum Gasteiger partial charge on any atom is -0.442 e. The molecule has 0 radical (unpaired) electrons. The first-order valence-corrected chi connectivity index (χ1v) is 5.75. The Morgan fingerprint density at radius 3 is 3.00 bits per heavy atom. The van der Waals surface area contributed by atoms with Gasteiger partial charge in [-0.1, -0.05) is 0 Å². The van der Waals surface area contributed by atoms with Crippen molar-refractivity contribution in [2.45, 2.75) is 13.0 Å². The number of nitrogen functional groups attached to an aromatic ring is 1. The number of anilines is 2. The van der Waals surface area contributed by atoms with Gasteiger partial charge in [-0.3, -0.25) is 9.69 Å². The summed E-state index contributed by atoms with van der Waals surface area (Å²) in [4.78, 5) is 23.8. The lowest BCUT2D eigenvalue weighted by molar-refractivity contribution is -0.119. The third-order valence-corrected chi connectivity index (χ3v) is 2.75. The maximum absolute atomic E-state index is 13.3. The standard InChI is InChI=1S/C12H14FN3O3/c1-7(17)15-5-9-6-16(12(18)19-9)8-2-3-11(14)10(13)4-8/h2-4,9H,5-6,14H2,1H3,(H,15,17)/t9-/m0/s1. The Morgan fingerprint density at radius 1 is 1.63 bits per heavy atom. The molecule has 1 aromatic rings. The number of hydrogen-bond acceptors (Lipinski definition) is 4. The van der Waals surface area contributed by atoms with Crippen molar-refractivity contribution in [2.75, 3.05) is 23.7 Å². The molecular weight excluding hydrogens is 253 g/mol. The van der Waals surface area contributed by atoms with E-state index in [4.69, 9.17) is 10.5 Å². The number of halogens is 1. The number of carbonyl (C=O) groups excluding carboxylic acids is 2. The molecule has 1 saturated heterocycles. The second-order valence-corrected chi connectivity index (χ2v) is 4.26. The average Bonchev–Trinajstić information content (AvgIpc) is 2.72. The van der Waals surface area contributed by atoms with E-state index < -0.39 is 18.0 Å². The van der Waals surface area contributed by atoms with Crippen LogP contribution in [0.1, 0.15) is 6.92 Å². The van der Waals surface area contributed by atoms with Crippen LogP contribution in [-0.4, -0.2) is 31.2 Å². The van der Waals surface area contributed by atoms with Crippen LogP contribution in [0.15, 0.2) is 18.2 Å². The minimum absolute atomic E-state index is 0.0195. The van der Waals surface area contributed by atoms with Gasteiger partial charge in [0.1, 0.15) is 11.9 Å². The highest BCUT2D eigenvalue weighted by Crippen LogP contribution is 2.24. The van der Waals surface area contributed by atoms with Gasteiger partial charge in [0.05, 0.1) is 24.5 Å². The maximum Gasteiger partial charge on any atom is 0.414 e. The summed E-state index contributed by atoms with van der Waals surface area (Å²) < 4.78 is 18.4. The summed E-state index contributed by atoms with van der Waals surface area (Å²) >= 11 is 0. The van der Waals surface area contributed by atoms with E-state index in [1.165, 1.54) is 24.0 Å². The Kier molecular flexibility index (Phi) is 3.55. The van der Waals surface area contributed by atoms with Crippen molar-refractivity contribution >= 4 is 23.4 Å². The Morgan fingerprint density at radius 2 is 2.37 bits per heavy atom. The van der Waals surface area contributed by atoms with Crippen LogP contribution in [0, 0.1) is 5.82 Å². The van der Waals surface area contributed by atoms with E-state index in [2.05, 4.69) is 5.32 Å². The first kappa shape index (κ1) is 13.1. The van der Waals surface area contributed by atoms with Crippen LogP contribution in [0.2, 0.25) is 0 Å². The summed E-state index contributed by atoms with van der Waals surface area (Å²) in [6, 6.07) is 4.11. The average molecular weight is 267 g/mol. The number of benzene rings is 1. The van der Waals surface area contributed by atoms with Crippen LogP contribution in [0.25, 0.3) is 0 Å². The molecule has 0 aromatic heterocycles. The molecular formula is C12H14FN3O3. The molecule has 0 saturated carbocycles. The highest BCUT2D eigenvalue weighted by Gasteiger charge is 2.32. The van der Waals surface area contributed by atoms with Crippen molar-refractivity contribution in [1.29, 1.82) is 0 Å². The number of nitrogens with two attached hydrogens (primary N) is 1. The third-order valence-electron chi connectivity index (χ3n) is 2.75. The van der Waals surface area contributed by atoms with E-state index in [0.717, 1.165) is 0 Å². The van der Waals surface area contributed by atoms with Gasteiger partial charge >= 0.3 is 6.09 Å². The summed E-state index contributed by atoms with van der Waals surface area (Å²) in [5, 5.41) is 2.56. The molecule has 0 spiro atoms. The zero-order valence-corrected chi connectivity index (χ0v) is 10.4. The molecule has 3 N–H and O–H groups in total. The van der Waals surface area contributed by atoms with Crippen molar-refractivity contribution in [3.05, 3.63) is 24.0 Å². The number of amides is 2. The van der Waals surface area contributed by atoms with Crippen LogP contribution < -0.4 is 16.0 Å². The molecule has 0 bridgehead atoms. The number of cyclic esters (lactones) is 1.